The van der Waals surface area contributed by atoms with Crippen LogP contribution in [0, 0.1) is 0 Å². The third-order valence-electron chi connectivity index (χ3n) is 0.931. The third-order valence-corrected chi connectivity index (χ3v) is 0.931. The van der Waals surface area contributed by atoms with Gasteiger partial charge in [0, 0.05) is 19.6 Å². The van der Waals surface area contributed by atoms with Crippen molar-refractivity contribution in [2.24, 2.45) is 5.73 Å². The van der Waals surface area contributed by atoms with Crippen LogP contribution >= 0.6 is 0 Å². The lowest BCUT2D eigenvalue weighted by Gasteiger charge is -2.01. The summed E-state index contributed by atoms with van der Waals surface area (Å²) in [7, 11) is 0. The Morgan fingerprint density at radius 2 is 2.10 bits per heavy atom. The summed E-state index contributed by atoms with van der Waals surface area (Å²) in [5.41, 5.74) is 5.20. The van der Waals surface area contributed by atoms with Crippen molar-refractivity contribution in [1.82, 2.24) is 0 Å². The maximum absolute atomic E-state index is 5.20. The van der Waals surface area contributed by atoms with Crippen molar-refractivity contribution in [2.75, 3.05) is 26.4 Å². The lowest BCUT2D eigenvalue weighted by Crippen LogP contribution is -2.09. The van der Waals surface area contributed by atoms with Crippen LogP contribution in [0.25, 0.3) is 0 Å². The van der Waals surface area contributed by atoms with Crippen LogP contribution in [0.3, 0.4) is 0 Å². The summed E-state index contributed by atoms with van der Waals surface area (Å²) in [5, 5.41) is 0. The third kappa shape index (κ3) is 7.46. The summed E-state index contributed by atoms with van der Waals surface area (Å²) >= 11 is 0. The van der Waals surface area contributed by atoms with E-state index < -0.39 is 0 Å². The maximum Gasteiger partial charge on any atom is 0.0895 e. The Bertz CT molecular complexity index is 76.0. The van der Waals surface area contributed by atoms with Gasteiger partial charge in [0.05, 0.1) is 19.5 Å². The summed E-state index contributed by atoms with van der Waals surface area (Å²) in [6.45, 7) is 6.02. The Morgan fingerprint density at radius 3 is 2.70 bits per heavy atom. The molecule has 60 valence electrons. The summed E-state index contributed by atoms with van der Waals surface area (Å²) in [4.78, 5) is 0. The van der Waals surface area contributed by atoms with E-state index in [4.69, 9.17) is 15.2 Å². The molecule has 0 saturated carbocycles. The van der Waals surface area contributed by atoms with E-state index in [0.29, 0.717) is 26.4 Å². The fourth-order valence-electron chi connectivity index (χ4n) is 0.513. The van der Waals surface area contributed by atoms with Crippen LogP contribution in [-0.4, -0.2) is 26.4 Å². The van der Waals surface area contributed by atoms with Crippen molar-refractivity contribution in [2.45, 2.75) is 6.42 Å². The summed E-state index contributed by atoms with van der Waals surface area (Å²) in [6, 6.07) is 0. The first-order chi connectivity index (χ1) is 4.91. The zero-order valence-electron chi connectivity index (χ0n) is 6.21. The Kier molecular flexibility index (Phi) is 8.00. The average molecular weight is 145 g/mol. The first-order valence-electron chi connectivity index (χ1n) is 3.42. The summed E-state index contributed by atoms with van der Waals surface area (Å²) in [6.07, 6.45) is 2.33. The first kappa shape index (κ1) is 9.46. The van der Waals surface area contributed by atoms with Gasteiger partial charge in [-0.1, -0.05) is 6.58 Å². The lowest BCUT2D eigenvalue weighted by molar-refractivity contribution is 0.118. The zero-order valence-corrected chi connectivity index (χ0v) is 6.21. The average Bonchev–Trinajstić information content (AvgIpc) is 1.97. The molecular formula is C7H15NO2. The van der Waals surface area contributed by atoms with Crippen molar-refractivity contribution in [3.8, 4) is 0 Å². The molecule has 0 heterocycles. The van der Waals surface area contributed by atoms with Crippen LogP contribution < -0.4 is 5.73 Å². The van der Waals surface area contributed by atoms with Gasteiger partial charge >= 0.3 is 0 Å². The van der Waals surface area contributed by atoms with E-state index in [1.165, 1.54) is 6.26 Å². The van der Waals surface area contributed by atoms with Crippen molar-refractivity contribution in [3.63, 3.8) is 0 Å². The summed E-state index contributed by atoms with van der Waals surface area (Å²) < 4.78 is 9.96. The van der Waals surface area contributed by atoms with Crippen molar-refractivity contribution in [3.05, 3.63) is 12.8 Å². The van der Waals surface area contributed by atoms with Gasteiger partial charge in [-0.05, 0) is 0 Å². The SMILES string of the molecule is C=COCCCOCCN. The van der Waals surface area contributed by atoms with Gasteiger partial charge < -0.3 is 15.2 Å². The highest BCUT2D eigenvalue weighted by molar-refractivity contribution is 4.48. The number of hydrogen-bond acceptors (Lipinski definition) is 3. The van der Waals surface area contributed by atoms with Gasteiger partial charge in [-0.25, -0.2) is 0 Å². The van der Waals surface area contributed by atoms with E-state index >= 15 is 0 Å². The normalized spacial score (nSPS) is 9.30. The second kappa shape index (κ2) is 8.46. The molecule has 10 heavy (non-hydrogen) atoms. The van der Waals surface area contributed by atoms with Gasteiger partial charge in [-0.3, -0.25) is 0 Å². The molecule has 0 aromatic rings. The molecule has 0 aliphatic carbocycles. The predicted molar refractivity (Wildman–Crippen MR) is 40.6 cm³/mol. The lowest BCUT2D eigenvalue weighted by atomic mass is 10.5. The standard InChI is InChI=1S/C7H15NO2/c1-2-9-5-3-6-10-7-4-8/h2H,1,3-8H2. The second-order valence-electron chi connectivity index (χ2n) is 1.79. The largest absolute Gasteiger partial charge is 0.502 e. The first-order valence-corrected chi connectivity index (χ1v) is 3.42. The number of ether oxygens (including phenoxy) is 2. The Hall–Kier alpha value is -0.540. The molecule has 0 saturated heterocycles. The van der Waals surface area contributed by atoms with Gasteiger partial charge in [0.25, 0.3) is 0 Å². The van der Waals surface area contributed by atoms with Gasteiger partial charge in [-0.15, -0.1) is 0 Å². The minimum atomic E-state index is 0.586. The number of rotatable bonds is 7. The van der Waals surface area contributed by atoms with Crippen molar-refractivity contribution >= 4 is 0 Å². The fourth-order valence-corrected chi connectivity index (χ4v) is 0.513. The highest BCUT2D eigenvalue weighted by atomic mass is 16.5. The van der Waals surface area contributed by atoms with Crippen LogP contribution in [0.2, 0.25) is 0 Å². The molecule has 0 aromatic carbocycles. The van der Waals surface area contributed by atoms with Crippen LogP contribution in [0.4, 0.5) is 0 Å². The Morgan fingerprint density at radius 1 is 1.30 bits per heavy atom. The highest BCUT2D eigenvalue weighted by Gasteiger charge is 1.85. The maximum atomic E-state index is 5.20. The van der Waals surface area contributed by atoms with E-state index in [0.717, 1.165) is 6.42 Å². The predicted octanol–water partition coefficient (Wildman–Crippen LogP) is 0.512. The fraction of sp³-hybridized carbons (Fsp3) is 0.714. The van der Waals surface area contributed by atoms with Crippen molar-refractivity contribution in [1.29, 1.82) is 0 Å². The molecule has 0 amide bonds. The molecule has 0 atom stereocenters. The molecule has 0 aliphatic rings. The molecule has 0 radical (unpaired) electrons. The number of hydrogen-bond donors (Lipinski definition) is 1. The minimum Gasteiger partial charge on any atom is -0.502 e. The zero-order chi connectivity index (χ0) is 7.66. The van der Waals surface area contributed by atoms with Gasteiger partial charge in [0.15, 0.2) is 0 Å². The van der Waals surface area contributed by atoms with Crippen molar-refractivity contribution < 1.29 is 9.47 Å². The van der Waals surface area contributed by atoms with E-state index in [2.05, 4.69) is 6.58 Å². The smallest absolute Gasteiger partial charge is 0.0895 e. The molecule has 3 heteroatoms. The monoisotopic (exact) mass is 145 g/mol. The van der Waals surface area contributed by atoms with E-state index in [1.807, 2.05) is 0 Å². The van der Waals surface area contributed by atoms with Crippen LogP contribution in [0.5, 0.6) is 0 Å². The van der Waals surface area contributed by atoms with Gasteiger partial charge in [-0.2, -0.15) is 0 Å². The molecular weight excluding hydrogens is 130 g/mol. The molecule has 3 nitrogen and oxygen atoms in total. The van der Waals surface area contributed by atoms with Crippen LogP contribution in [-0.2, 0) is 9.47 Å². The molecule has 0 spiro atoms. The molecule has 0 rings (SSSR count). The van der Waals surface area contributed by atoms with E-state index in [-0.39, 0.29) is 0 Å². The molecule has 0 bridgehead atoms. The molecule has 0 aromatic heterocycles. The summed E-state index contributed by atoms with van der Waals surface area (Å²) in [5.74, 6) is 0. The van der Waals surface area contributed by atoms with E-state index in [1.54, 1.807) is 0 Å². The molecule has 0 aliphatic heterocycles. The Balaban J connectivity index is 2.70. The minimum absolute atomic E-state index is 0.586. The topological polar surface area (TPSA) is 44.5 Å². The van der Waals surface area contributed by atoms with Gasteiger partial charge in [0.1, 0.15) is 0 Å². The second-order valence-corrected chi connectivity index (χ2v) is 1.79. The van der Waals surface area contributed by atoms with E-state index in [9.17, 15) is 0 Å². The van der Waals surface area contributed by atoms with Gasteiger partial charge in [0.2, 0.25) is 0 Å². The Labute approximate surface area is 61.8 Å². The highest BCUT2D eigenvalue weighted by Crippen LogP contribution is 1.83. The number of nitrogens with two attached hydrogens (primary N) is 1. The van der Waals surface area contributed by atoms with Crippen LogP contribution in [0.15, 0.2) is 12.8 Å². The molecule has 0 unspecified atom stereocenters. The quantitative estimate of drug-likeness (QED) is 0.419. The molecule has 2 N–H and O–H groups in total. The van der Waals surface area contributed by atoms with Crippen LogP contribution in [0.1, 0.15) is 6.42 Å². The molecule has 0 fully saturated rings.